The number of hydrogen-bond donors (Lipinski definition) is 0. The van der Waals surface area contributed by atoms with E-state index in [1.165, 1.54) is 6.07 Å². The summed E-state index contributed by atoms with van der Waals surface area (Å²) in [6.07, 6.45) is -3.92. The molecule has 0 aliphatic carbocycles. The van der Waals surface area contributed by atoms with Gasteiger partial charge in [0.2, 0.25) is 0 Å². The predicted molar refractivity (Wildman–Crippen MR) is 75.5 cm³/mol. The van der Waals surface area contributed by atoms with Crippen LogP contribution in [0.2, 0.25) is 5.02 Å². The van der Waals surface area contributed by atoms with Gasteiger partial charge in [-0.1, -0.05) is 41.9 Å². The van der Waals surface area contributed by atoms with Gasteiger partial charge in [-0.25, -0.2) is 0 Å². The third-order valence-electron chi connectivity index (χ3n) is 3.08. The molecule has 0 bridgehead atoms. The summed E-state index contributed by atoms with van der Waals surface area (Å²) < 4.78 is 38.2. The highest BCUT2D eigenvalue weighted by molar-refractivity contribution is 6.31. The molecule has 2 rings (SSSR count). The molecule has 110 valence electrons. The van der Waals surface area contributed by atoms with Crippen molar-refractivity contribution in [1.82, 2.24) is 0 Å². The Morgan fingerprint density at radius 2 is 1.71 bits per heavy atom. The largest absolute Gasteiger partial charge is 0.417 e. The zero-order valence-corrected chi connectivity index (χ0v) is 11.7. The van der Waals surface area contributed by atoms with Crippen LogP contribution in [-0.4, -0.2) is 5.78 Å². The summed E-state index contributed by atoms with van der Waals surface area (Å²) in [6.45, 7) is 0. The molecule has 0 heterocycles. The highest BCUT2D eigenvalue weighted by atomic mass is 35.5. The molecule has 0 saturated carbocycles. The lowest BCUT2D eigenvalue weighted by molar-refractivity contribution is -0.137. The third-order valence-corrected chi connectivity index (χ3v) is 3.41. The molecular formula is C16H12ClF3O. The lowest BCUT2D eigenvalue weighted by Crippen LogP contribution is -2.09. The number of Topliss-reactive ketones (excluding diaryl/α,β-unsaturated/α-hetero) is 1. The second-order valence-corrected chi connectivity index (χ2v) is 5.01. The third kappa shape index (κ3) is 4.08. The maximum Gasteiger partial charge on any atom is 0.417 e. The molecule has 21 heavy (non-hydrogen) atoms. The summed E-state index contributed by atoms with van der Waals surface area (Å²) in [5, 5.41) is -0.401. The van der Waals surface area contributed by atoms with Crippen molar-refractivity contribution in [3.8, 4) is 0 Å². The number of carbonyl (C=O) groups excluding carboxylic acids is 1. The second-order valence-electron chi connectivity index (χ2n) is 4.60. The van der Waals surface area contributed by atoms with Crippen molar-refractivity contribution in [2.75, 3.05) is 0 Å². The molecule has 0 aliphatic heterocycles. The van der Waals surface area contributed by atoms with Crippen molar-refractivity contribution in [3.63, 3.8) is 0 Å². The molecule has 1 nitrogen and oxygen atoms in total. The van der Waals surface area contributed by atoms with Gasteiger partial charge in [0.15, 0.2) is 5.78 Å². The lowest BCUT2D eigenvalue weighted by Gasteiger charge is -2.10. The van der Waals surface area contributed by atoms with Gasteiger partial charge in [-0.15, -0.1) is 0 Å². The van der Waals surface area contributed by atoms with E-state index in [1.807, 2.05) is 30.3 Å². The van der Waals surface area contributed by atoms with Crippen molar-refractivity contribution >= 4 is 17.4 Å². The number of aryl methyl sites for hydroxylation is 1. The predicted octanol–water partition coefficient (Wildman–Crippen LogP) is 5.17. The molecule has 0 unspecified atom stereocenters. The van der Waals surface area contributed by atoms with Crippen LogP contribution in [0.25, 0.3) is 0 Å². The fourth-order valence-electron chi connectivity index (χ4n) is 1.96. The minimum Gasteiger partial charge on any atom is -0.294 e. The maximum absolute atomic E-state index is 12.7. The van der Waals surface area contributed by atoms with Crippen LogP contribution in [0.1, 0.15) is 27.9 Å². The van der Waals surface area contributed by atoms with E-state index in [0.29, 0.717) is 6.42 Å². The molecular weight excluding hydrogens is 301 g/mol. The van der Waals surface area contributed by atoms with Crippen LogP contribution in [-0.2, 0) is 12.6 Å². The molecule has 0 N–H and O–H groups in total. The first-order valence-electron chi connectivity index (χ1n) is 6.32. The van der Waals surface area contributed by atoms with Crippen LogP contribution < -0.4 is 0 Å². The van der Waals surface area contributed by atoms with Crippen LogP contribution in [0.3, 0.4) is 0 Å². The summed E-state index contributed by atoms with van der Waals surface area (Å²) in [4.78, 5) is 12.0. The molecule has 2 aromatic rings. The van der Waals surface area contributed by atoms with E-state index in [2.05, 4.69) is 0 Å². The first kappa shape index (κ1) is 15.6. The van der Waals surface area contributed by atoms with Crippen LogP contribution in [0.4, 0.5) is 13.2 Å². The molecule has 0 saturated heterocycles. The quantitative estimate of drug-likeness (QED) is 0.711. The Morgan fingerprint density at radius 1 is 1.05 bits per heavy atom. The zero-order chi connectivity index (χ0) is 15.5. The molecule has 5 heteroatoms. The van der Waals surface area contributed by atoms with E-state index in [1.54, 1.807) is 0 Å². The molecule has 2 aromatic carbocycles. The smallest absolute Gasteiger partial charge is 0.294 e. The van der Waals surface area contributed by atoms with E-state index >= 15 is 0 Å². The molecule has 0 radical (unpaired) electrons. The van der Waals surface area contributed by atoms with Crippen molar-refractivity contribution < 1.29 is 18.0 Å². The average Bonchev–Trinajstić information content (AvgIpc) is 2.45. The van der Waals surface area contributed by atoms with Gasteiger partial charge in [-0.05, 0) is 30.2 Å². The van der Waals surface area contributed by atoms with Gasteiger partial charge in [0, 0.05) is 12.0 Å². The van der Waals surface area contributed by atoms with Gasteiger partial charge < -0.3 is 0 Å². The Hall–Kier alpha value is -1.81. The number of hydrogen-bond acceptors (Lipinski definition) is 1. The number of rotatable bonds is 4. The number of carbonyl (C=O) groups is 1. The number of ketones is 1. The first-order valence-corrected chi connectivity index (χ1v) is 6.69. The summed E-state index contributed by atoms with van der Waals surface area (Å²) in [5.74, 6) is -0.332. The highest BCUT2D eigenvalue weighted by Gasteiger charge is 2.33. The summed E-state index contributed by atoms with van der Waals surface area (Å²) in [7, 11) is 0. The monoisotopic (exact) mass is 312 g/mol. The summed E-state index contributed by atoms with van der Waals surface area (Å²) in [5.41, 5.74) is 0.0215. The fourth-order valence-corrected chi connectivity index (χ4v) is 2.19. The van der Waals surface area contributed by atoms with Crippen molar-refractivity contribution in [1.29, 1.82) is 0 Å². The minimum atomic E-state index is -4.56. The van der Waals surface area contributed by atoms with Gasteiger partial charge in [0.05, 0.1) is 10.6 Å². The van der Waals surface area contributed by atoms with E-state index < -0.39 is 16.8 Å². The van der Waals surface area contributed by atoms with Crippen LogP contribution in [0.5, 0.6) is 0 Å². The summed E-state index contributed by atoms with van der Waals surface area (Å²) >= 11 is 5.53. The van der Waals surface area contributed by atoms with Crippen molar-refractivity contribution in [2.45, 2.75) is 19.0 Å². The Bertz CT molecular complexity index is 636. The summed E-state index contributed by atoms with van der Waals surface area (Å²) in [6, 6.07) is 12.6. The van der Waals surface area contributed by atoms with Crippen LogP contribution in [0.15, 0.2) is 48.5 Å². The van der Waals surface area contributed by atoms with Gasteiger partial charge >= 0.3 is 6.18 Å². The molecule has 0 aromatic heterocycles. The number of alkyl halides is 3. The zero-order valence-electron chi connectivity index (χ0n) is 11.0. The van der Waals surface area contributed by atoms with E-state index in [9.17, 15) is 18.0 Å². The van der Waals surface area contributed by atoms with E-state index in [-0.39, 0.29) is 17.8 Å². The Kier molecular flexibility index (Phi) is 4.68. The molecule has 0 amide bonds. The van der Waals surface area contributed by atoms with Gasteiger partial charge in [0.25, 0.3) is 0 Å². The first-order chi connectivity index (χ1) is 9.88. The highest BCUT2D eigenvalue weighted by Crippen LogP contribution is 2.35. The Morgan fingerprint density at radius 3 is 2.33 bits per heavy atom. The topological polar surface area (TPSA) is 17.1 Å². The SMILES string of the molecule is O=C(CCc1ccccc1)c1ccc(Cl)c(C(F)(F)F)c1. The average molecular weight is 313 g/mol. The van der Waals surface area contributed by atoms with Gasteiger partial charge in [-0.3, -0.25) is 4.79 Å². The molecule has 0 fully saturated rings. The maximum atomic E-state index is 12.7. The van der Waals surface area contributed by atoms with Crippen LogP contribution >= 0.6 is 11.6 Å². The van der Waals surface area contributed by atoms with Gasteiger partial charge in [0.1, 0.15) is 0 Å². The fraction of sp³-hybridized carbons (Fsp3) is 0.188. The van der Waals surface area contributed by atoms with Gasteiger partial charge in [-0.2, -0.15) is 13.2 Å². The standard InChI is InChI=1S/C16H12ClF3O/c17-14-8-7-12(10-13(14)16(18,19)20)15(21)9-6-11-4-2-1-3-5-11/h1-5,7-8,10H,6,9H2. The van der Waals surface area contributed by atoms with Crippen LogP contribution in [0, 0.1) is 0 Å². The van der Waals surface area contributed by atoms with Crippen molar-refractivity contribution in [2.24, 2.45) is 0 Å². The van der Waals surface area contributed by atoms with E-state index in [0.717, 1.165) is 17.7 Å². The normalized spacial score (nSPS) is 11.4. The van der Waals surface area contributed by atoms with Crippen molar-refractivity contribution in [3.05, 3.63) is 70.2 Å². The Balaban J connectivity index is 2.13. The molecule has 0 aliphatic rings. The molecule has 0 spiro atoms. The van der Waals surface area contributed by atoms with E-state index in [4.69, 9.17) is 11.6 Å². The minimum absolute atomic E-state index is 0.0302. The number of benzene rings is 2. The molecule has 0 atom stereocenters. The Labute approximate surface area is 125 Å². The lowest BCUT2D eigenvalue weighted by atomic mass is 10.0. The second kappa shape index (κ2) is 6.31. The number of halogens is 4.